The van der Waals surface area contributed by atoms with Crippen LogP contribution < -0.4 is 9.45 Å². The number of nitrogens with zero attached hydrogens (tertiary/aromatic N) is 1. The van der Waals surface area contributed by atoms with E-state index in [1.54, 1.807) is 24.3 Å². The molecular formula is C23H25ClN2O4S. The van der Waals surface area contributed by atoms with Gasteiger partial charge in [-0.1, -0.05) is 44.5 Å². The molecule has 0 fully saturated rings. The van der Waals surface area contributed by atoms with Crippen LogP contribution in [0, 0.1) is 5.21 Å². The molecule has 3 rings (SSSR count). The third-order valence-corrected chi connectivity index (χ3v) is 6.76. The summed E-state index contributed by atoms with van der Waals surface area (Å²) in [7, 11) is -3.92. The van der Waals surface area contributed by atoms with Crippen molar-refractivity contribution in [2.75, 3.05) is 4.72 Å². The first-order valence-corrected chi connectivity index (χ1v) is 11.5. The van der Waals surface area contributed by atoms with Gasteiger partial charge in [-0.3, -0.25) is 4.72 Å². The summed E-state index contributed by atoms with van der Waals surface area (Å²) in [4.78, 5) is 0.105. The van der Waals surface area contributed by atoms with Crippen LogP contribution in [-0.4, -0.2) is 13.5 Å². The second-order valence-corrected chi connectivity index (χ2v) is 10.7. The second kappa shape index (κ2) is 8.15. The number of hydrogen-bond acceptors (Lipinski definition) is 4. The first-order chi connectivity index (χ1) is 14.3. The SMILES string of the molecule is CC(C)(C)c1ccc(S(=O)(=O)Nc2ccc(Cl)cc2C(C)(O)c2cc[n+]([O-])cc2)cc1. The van der Waals surface area contributed by atoms with Gasteiger partial charge in [-0.15, -0.1) is 0 Å². The predicted molar refractivity (Wildman–Crippen MR) is 121 cm³/mol. The summed E-state index contributed by atoms with van der Waals surface area (Å²) in [6, 6.07) is 14.2. The summed E-state index contributed by atoms with van der Waals surface area (Å²) in [6.07, 6.45) is 2.52. The first kappa shape index (κ1) is 23.1. The number of rotatable bonds is 5. The molecule has 0 aliphatic heterocycles. The van der Waals surface area contributed by atoms with E-state index in [1.165, 1.54) is 49.6 Å². The molecule has 0 saturated carbocycles. The van der Waals surface area contributed by atoms with Crippen LogP contribution in [-0.2, 0) is 21.0 Å². The van der Waals surface area contributed by atoms with Gasteiger partial charge in [0.2, 0.25) is 0 Å². The van der Waals surface area contributed by atoms with Gasteiger partial charge in [0.05, 0.1) is 10.6 Å². The zero-order valence-electron chi connectivity index (χ0n) is 17.8. The van der Waals surface area contributed by atoms with Crippen molar-refractivity contribution < 1.29 is 18.3 Å². The summed E-state index contributed by atoms with van der Waals surface area (Å²) >= 11 is 6.14. The highest BCUT2D eigenvalue weighted by molar-refractivity contribution is 7.92. The summed E-state index contributed by atoms with van der Waals surface area (Å²) in [5, 5.41) is 22.9. The van der Waals surface area contributed by atoms with E-state index in [9.17, 15) is 18.7 Å². The van der Waals surface area contributed by atoms with Gasteiger partial charge in [0.1, 0.15) is 5.60 Å². The zero-order chi connectivity index (χ0) is 23.0. The highest BCUT2D eigenvalue weighted by atomic mass is 35.5. The summed E-state index contributed by atoms with van der Waals surface area (Å²) < 4.78 is 29.2. The molecule has 31 heavy (non-hydrogen) atoms. The molecule has 0 aliphatic rings. The zero-order valence-corrected chi connectivity index (χ0v) is 19.3. The van der Waals surface area contributed by atoms with Crippen molar-refractivity contribution in [1.29, 1.82) is 0 Å². The van der Waals surface area contributed by atoms with Gasteiger partial charge < -0.3 is 10.3 Å². The molecule has 1 unspecified atom stereocenters. The number of pyridine rings is 1. The van der Waals surface area contributed by atoms with Gasteiger partial charge in [-0.05, 0) is 53.8 Å². The van der Waals surface area contributed by atoms with Crippen LogP contribution in [0.15, 0.2) is 71.9 Å². The molecule has 0 saturated heterocycles. The Labute approximate surface area is 187 Å². The van der Waals surface area contributed by atoms with Crippen LogP contribution in [0.3, 0.4) is 0 Å². The Bertz CT molecular complexity index is 1180. The number of aromatic nitrogens is 1. The average Bonchev–Trinajstić information content (AvgIpc) is 2.69. The molecule has 0 aliphatic carbocycles. The van der Waals surface area contributed by atoms with Crippen LogP contribution in [0.25, 0.3) is 0 Å². The molecule has 0 radical (unpaired) electrons. The van der Waals surface area contributed by atoms with E-state index >= 15 is 0 Å². The lowest BCUT2D eigenvalue weighted by Gasteiger charge is -2.27. The fourth-order valence-corrected chi connectivity index (χ4v) is 4.49. The van der Waals surface area contributed by atoms with Crippen LogP contribution in [0.5, 0.6) is 0 Å². The van der Waals surface area contributed by atoms with Gasteiger partial charge in [0.15, 0.2) is 12.4 Å². The van der Waals surface area contributed by atoms with Crippen molar-refractivity contribution in [2.45, 2.75) is 43.6 Å². The number of sulfonamides is 1. The number of nitrogens with one attached hydrogen (secondary N) is 1. The number of halogens is 1. The maximum Gasteiger partial charge on any atom is 0.261 e. The van der Waals surface area contributed by atoms with Crippen LogP contribution >= 0.6 is 11.6 Å². The predicted octanol–water partition coefficient (Wildman–Crippen LogP) is 4.33. The van der Waals surface area contributed by atoms with Crippen molar-refractivity contribution in [3.05, 3.63) is 93.9 Å². The summed E-state index contributed by atoms with van der Waals surface area (Å²) in [5.74, 6) is 0. The minimum atomic E-state index is -3.92. The van der Waals surface area contributed by atoms with Crippen LogP contribution in [0.2, 0.25) is 5.02 Å². The monoisotopic (exact) mass is 460 g/mol. The third kappa shape index (κ3) is 5.01. The minimum Gasteiger partial charge on any atom is -0.619 e. The molecule has 1 aromatic heterocycles. The van der Waals surface area contributed by atoms with E-state index in [-0.39, 0.29) is 21.6 Å². The van der Waals surface area contributed by atoms with E-state index in [0.29, 0.717) is 15.3 Å². The smallest absolute Gasteiger partial charge is 0.261 e. The Morgan fingerprint density at radius 2 is 1.52 bits per heavy atom. The molecule has 0 spiro atoms. The molecule has 1 atom stereocenters. The van der Waals surface area contributed by atoms with Crippen molar-refractivity contribution in [1.82, 2.24) is 0 Å². The number of benzene rings is 2. The van der Waals surface area contributed by atoms with Gasteiger partial charge in [-0.2, -0.15) is 4.73 Å². The molecule has 2 N–H and O–H groups in total. The Hall–Kier alpha value is -2.61. The van der Waals surface area contributed by atoms with Crippen molar-refractivity contribution in [3.63, 3.8) is 0 Å². The van der Waals surface area contributed by atoms with Crippen molar-refractivity contribution in [3.8, 4) is 0 Å². The maximum atomic E-state index is 13.0. The van der Waals surface area contributed by atoms with Crippen LogP contribution in [0.1, 0.15) is 44.4 Å². The quantitative estimate of drug-likeness (QED) is 0.437. The largest absolute Gasteiger partial charge is 0.619 e. The Kier molecular flexibility index (Phi) is 6.06. The lowest BCUT2D eigenvalue weighted by Crippen LogP contribution is -2.29. The summed E-state index contributed by atoms with van der Waals surface area (Å²) in [6.45, 7) is 7.66. The Balaban J connectivity index is 2.01. The minimum absolute atomic E-state index is 0.101. The molecule has 1 heterocycles. The van der Waals surface area contributed by atoms with E-state index in [1.807, 2.05) is 0 Å². The number of aliphatic hydroxyl groups is 1. The van der Waals surface area contributed by atoms with Crippen molar-refractivity contribution >= 4 is 27.3 Å². The normalized spacial score (nSPS) is 14.1. The third-order valence-electron chi connectivity index (χ3n) is 5.15. The van der Waals surface area contributed by atoms with E-state index in [2.05, 4.69) is 25.5 Å². The number of hydrogen-bond donors (Lipinski definition) is 2. The molecule has 164 valence electrons. The van der Waals surface area contributed by atoms with Gasteiger partial charge in [0.25, 0.3) is 10.0 Å². The number of anilines is 1. The first-order valence-electron chi connectivity index (χ1n) is 9.66. The highest BCUT2D eigenvalue weighted by Gasteiger charge is 2.31. The fourth-order valence-electron chi connectivity index (χ4n) is 3.24. The molecular weight excluding hydrogens is 436 g/mol. The molecule has 6 nitrogen and oxygen atoms in total. The second-order valence-electron chi connectivity index (χ2n) is 8.59. The van der Waals surface area contributed by atoms with Gasteiger partial charge >= 0.3 is 0 Å². The van der Waals surface area contributed by atoms with Gasteiger partial charge in [0, 0.05) is 22.7 Å². The lowest BCUT2D eigenvalue weighted by molar-refractivity contribution is -0.605. The van der Waals surface area contributed by atoms with Crippen LogP contribution in [0.4, 0.5) is 5.69 Å². The van der Waals surface area contributed by atoms with Gasteiger partial charge in [-0.25, -0.2) is 8.42 Å². The molecule has 2 aromatic carbocycles. The maximum absolute atomic E-state index is 13.0. The van der Waals surface area contributed by atoms with E-state index in [4.69, 9.17) is 11.6 Å². The summed E-state index contributed by atoms with van der Waals surface area (Å²) in [5.41, 5.74) is 0.174. The standard InChI is InChI=1S/C23H25ClN2O4S/c1-22(2,3)16-5-8-19(9-6-16)31(29,30)25-21-10-7-18(24)15-20(21)23(4,27)17-11-13-26(28)14-12-17/h5-15,25,27H,1-4H3. The lowest BCUT2D eigenvalue weighted by atomic mass is 9.87. The average molecular weight is 461 g/mol. The van der Waals surface area contributed by atoms with Crippen molar-refractivity contribution in [2.24, 2.45) is 0 Å². The Morgan fingerprint density at radius 3 is 2.06 bits per heavy atom. The topological polar surface area (TPSA) is 93.3 Å². The fraction of sp³-hybridized carbons (Fsp3) is 0.261. The van der Waals surface area contributed by atoms with E-state index in [0.717, 1.165) is 5.56 Å². The van der Waals surface area contributed by atoms with E-state index < -0.39 is 15.6 Å². The molecule has 0 bridgehead atoms. The highest BCUT2D eigenvalue weighted by Crippen LogP contribution is 2.36. The molecule has 3 aromatic rings. The Morgan fingerprint density at radius 1 is 0.935 bits per heavy atom. The molecule has 8 heteroatoms. The molecule has 0 amide bonds.